The maximum absolute atomic E-state index is 12.7. The molecule has 0 aromatic carbocycles. The van der Waals surface area contributed by atoms with Crippen LogP contribution in [0.15, 0.2) is 0 Å². The number of carbonyl (C=O) groups excluding carboxylic acids is 3. The molecular formula is C50H96O6. The van der Waals surface area contributed by atoms with Crippen LogP contribution in [0.4, 0.5) is 0 Å². The van der Waals surface area contributed by atoms with Crippen LogP contribution in [0.25, 0.3) is 0 Å². The zero-order valence-electron chi connectivity index (χ0n) is 38.3. The smallest absolute Gasteiger partial charge is 0.306 e. The second kappa shape index (κ2) is 43.0. The summed E-state index contributed by atoms with van der Waals surface area (Å²) in [6.45, 7) is 11.4. The van der Waals surface area contributed by atoms with E-state index in [0.29, 0.717) is 19.3 Å². The Labute approximate surface area is 348 Å². The van der Waals surface area contributed by atoms with E-state index in [1.807, 2.05) is 0 Å². The van der Waals surface area contributed by atoms with E-state index in [1.165, 1.54) is 161 Å². The van der Waals surface area contributed by atoms with Crippen molar-refractivity contribution < 1.29 is 28.6 Å². The predicted molar refractivity (Wildman–Crippen MR) is 238 cm³/mol. The summed E-state index contributed by atoms with van der Waals surface area (Å²) in [6.07, 6.45) is 42.3. The van der Waals surface area contributed by atoms with Gasteiger partial charge in [-0.3, -0.25) is 14.4 Å². The van der Waals surface area contributed by atoms with Crippen LogP contribution in [0.5, 0.6) is 0 Å². The van der Waals surface area contributed by atoms with Crippen LogP contribution < -0.4 is 0 Å². The fourth-order valence-electron chi connectivity index (χ4n) is 7.43. The monoisotopic (exact) mass is 793 g/mol. The second-order valence-corrected chi connectivity index (χ2v) is 17.8. The van der Waals surface area contributed by atoms with E-state index in [1.54, 1.807) is 0 Å². The molecule has 0 saturated heterocycles. The molecule has 0 aliphatic rings. The quantitative estimate of drug-likeness (QED) is 0.0347. The molecule has 0 N–H and O–H groups in total. The number of ether oxygens (including phenoxy) is 3. The summed E-state index contributed by atoms with van der Waals surface area (Å²) in [6, 6.07) is 0. The molecule has 2 atom stereocenters. The molecule has 0 saturated carbocycles. The molecule has 0 aromatic heterocycles. The van der Waals surface area contributed by atoms with Gasteiger partial charge in [0, 0.05) is 19.3 Å². The van der Waals surface area contributed by atoms with Crippen LogP contribution in [0, 0.1) is 11.8 Å². The molecule has 6 heteroatoms. The number of unbranched alkanes of at least 4 members (excludes halogenated alkanes) is 28. The van der Waals surface area contributed by atoms with Crippen molar-refractivity contribution in [2.75, 3.05) is 13.2 Å². The van der Waals surface area contributed by atoms with Gasteiger partial charge in [0.15, 0.2) is 6.10 Å². The van der Waals surface area contributed by atoms with Gasteiger partial charge in [-0.25, -0.2) is 0 Å². The molecular weight excluding hydrogens is 697 g/mol. The molecule has 0 spiro atoms. The Hall–Kier alpha value is -1.59. The summed E-state index contributed by atoms with van der Waals surface area (Å²) >= 11 is 0. The van der Waals surface area contributed by atoms with E-state index in [4.69, 9.17) is 14.2 Å². The van der Waals surface area contributed by atoms with Crippen molar-refractivity contribution in [2.45, 2.75) is 278 Å². The molecule has 0 aliphatic carbocycles. The molecule has 332 valence electrons. The van der Waals surface area contributed by atoms with Crippen molar-refractivity contribution in [1.82, 2.24) is 0 Å². The van der Waals surface area contributed by atoms with E-state index < -0.39 is 6.10 Å². The molecule has 0 fully saturated rings. The fraction of sp³-hybridized carbons (Fsp3) is 0.940. The Kier molecular flexibility index (Phi) is 41.8. The first kappa shape index (κ1) is 54.4. The van der Waals surface area contributed by atoms with Crippen LogP contribution in [0.1, 0.15) is 272 Å². The third kappa shape index (κ3) is 42.0. The SMILES string of the molecule is CCCCCCCCCC(=O)OC[C@@H](COC(=O)CCCCCCCCCCCCC(C)CC)OC(=O)CCCCCCCCCCCCCCCCC(C)C. The van der Waals surface area contributed by atoms with Gasteiger partial charge in [0.1, 0.15) is 13.2 Å². The van der Waals surface area contributed by atoms with Crippen molar-refractivity contribution in [3.05, 3.63) is 0 Å². The highest BCUT2D eigenvalue weighted by Crippen LogP contribution is 2.17. The summed E-state index contributed by atoms with van der Waals surface area (Å²) in [5.41, 5.74) is 0. The normalized spacial score (nSPS) is 12.5. The van der Waals surface area contributed by atoms with Gasteiger partial charge in [-0.05, 0) is 31.1 Å². The maximum atomic E-state index is 12.7. The van der Waals surface area contributed by atoms with Crippen molar-refractivity contribution in [3.8, 4) is 0 Å². The molecule has 0 aromatic rings. The van der Waals surface area contributed by atoms with Gasteiger partial charge in [-0.15, -0.1) is 0 Å². The van der Waals surface area contributed by atoms with Crippen LogP contribution in [-0.2, 0) is 28.6 Å². The van der Waals surface area contributed by atoms with Crippen LogP contribution in [-0.4, -0.2) is 37.2 Å². The first-order chi connectivity index (χ1) is 27.3. The second-order valence-electron chi connectivity index (χ2n) is 17.8. The van der Waals surface area contributed by atoms with E-state index in [0.717, 1.165) is 69.6 Å². The Morgan fingerprint density at radius 3 is 1.02 bits per heavy atom. The number of hydrogen-bond acceptors (Lipinski definition) is 6. The molecule has 0 aliphatic heterocycles. The molecule has 0 bridgehead atoms. The predicted octanol–water partition coefficient (Wildman–Crippen LogP) is 15.8. The third-order valence-electron chi connectivity index (χ3n) is 11.6. The van der Waals surface area contributed by atoms with Gasteiger partial charge >= 0.3 is 17.9 Å². The van der Waals surface area contributed by atoms with E-state index in [9.17, 15) is 14.4 Å². The molecule has 1 unspecified atom stereocenters. The average molecular weight is 793 g/mol. The summed E-state index contributed by atoms with van der Waals surface area (Å²) in [5.74, 6) is 0.856. The first-order valence-electron chi connectivity index (χ1n) is 24.8. The van der Waals surface area contributed by atoms with Gasteiger partial charge < -0.3 is 14.2 Å². The van der Waals surface area contributed by atoms with Gasteiger partial charge in [0.05, 0.1) is 0 Å². The van der Waals surface area contributed by atoms with Crippen molar-refractivity contribution in [1.29, 1.82) is 0 Å². The summed E-state index contributed by atoms with van der Waals surface area (Å²) in [5, 5.41) is 0. The summed E-state index contributed by atoms with van der Waals surface area (Å²) < 4.78 is 16.7. The van der Waals surface area contributed by atoms with E-state index >= 15 is 0 Å². The lowest BCUT2D eigenvalue weighted by Crippen LogP contribution is -2.30. The zero-order chi connectivity index (χ0) is 41.2. The fourth-order valence-corrected chi connectivity index (χ4v) is 7.43. The molecule has 0 rings (SSSR count). The van der Waals surface area contributed by atoms with Crippen LogP contribution >= 0.6 is 0 Å². The summed E-state index contributed by atoms with van der Waals surface area (Å²) in [4.78, 5) is 37.7. The minimum absolute atomic E-state index is 0.0645. The lowest BCUT2D eigenvalue weighted by molar-refractivity contribution is -0.167. The molecule has 0 radical (unpaired) electrons. The van der Waals surface area contributed by atoms with E-state index in [-0.39, 0.29) is 31.1 Å². The molecule has 0 heterocycles. The highest BCUT2D eigenvalue weighted by molar-refractivity contribution is 5.71. The minimum Gasteiger partial charge on any atom is -0.462 e. The lowest BCUT2D eigenvalue weighted by atomic mass is 9.99. The Morgan fingerprint density at radius 2 is 0.679 bits per heavy atom. The lowest BCUT2D eigenvalue weighted by Gasteiger charge is -2.18. The number of hydrogen-bond donors (Lipinski definition) is 0. The van der Waals surface area contributed by atoms with Gasteiger partial charge in [-0.1, -0.05) is 234 Å². The standard InChI is InChI=1S/C50H96O6/c1-6-8-9-10-23-30-35-40-48(51)54-43-47(44-55-49(52)41-36-31-26-21-18-17-20-25-29-34-39-46(5)7-2)56-50(53)42-37-32-27-22-16-14-12-11-13-15-19-24-28-33-38-45(3)4/h45-47H,6-44H2,1-5H3/t46?,47-/m0/s1. The Balaban J connectivity index is 4.23. The highest BCUT2D eigenvalue weighted by Gasteiger charge is 2.19. The highest BCUT2D eigenvalue weighted by atomic mass is 16.6. The minimum atomic E-state index is -0.760. The maximum Gasteiger partial charge on any atom is 0.306 e. The Morgan fingerprint density at radius 1 is 0.375 bits per heavy atom. The summed E-state index contributed by atoms with van der Waals surface area (Å²) in [7, 11) is 0. The van der Waals surface area contributed by atoms with Gasteiger partial charge in [0.25, 0.3) is 0 Å². The van der Waals surface area contributed by atoms with Crippen molar-refractivity contribution in [3.63, 3.8) is 0 Å². The zero-order valence-corrected chi connectivity index (χ0v) is 38.3. The first-order valence-corrected chi connectivity index (χ1v) is 24.8. The third-order valence-corrected chi connectivity index (χ3v) is 11.6. The van der Waals surface area contributed by atoms with Gasteiger partial charge in [0.2, 0.25) is 0 Å². The van der Waals surface area contributed by atoms with Crippen LogP contribution in [0.3, 0.4) is 0 Å². The number of esters is 3. The molecule has 6 nitrogen and oxygen atoms in total. The average Bonchev–Trinajstić information content (AvgIpc) is 3.18. The molecule has 56 heavy (non-hydrogen) atoms. The number of carbonyl (C=O) groups is 3. The van der Waals surface area contributed by atoms with Crippen LogP contribution in [0.2, 0.25) is 0 Å². The topological polar surface area (TPSA) is 78.9 Å². The Bertz CT molecular complexity index is 856. The number of rotatable bonds is 44. The largest absolute Gasteiger partial charge is 0.462 e. The van der Waals surface area contributed by atoms with E-state index in [2.05, 4.69) is 34.6 Å². The van der Waals surface area contributed by atoms with Crippen molar-refractivity contribution >= 4 is 17.9 Å². The van der Waals surface area contributed by atoms with Crippen molar-refractivity contribution in [2.24, 2.45) is 11.8 Å². The van der Waals surface area contributed by atoms with Gasteiger partial charge in [-0.2, -0.15) is 0 Å². The molecule has 0 amide bonds.